The Kier molecular flexibility index (Phi) is 3.85. The minimum Gasteiger partial charge on any atom is -0.355 e. The molecule has 1 aliphatic rings. The summed E-state index contributed by atoms with van der Waals surface area (Å²) < 4.78 is 0. The third-order valence-corrected chi connectivity index (χ3v) is 3.79. The van der Waals surface area contributed by atoms with Gasteiger partial charge in [-0.1, -0.05) is 12.5 Å². The molecule has 102 valence electrons. The van der Waals surface area contributed by atoms with Gasteiger partial charge in [0.25, 0.3) is 5.91 Å². The zero-order chi connectivity index (χ0) is 13.9. The number of carbonyl (C=O) groups is 2. The average molecular weight is 261 g/mol. The molecule has 5 nitrogen and oxygen atoms in total. The van der Waals surface area contributed by atoms with Crippen LogP contribution in [0, 0.1) is 5.41 Å². The third kappa shape index (κ3) is 2.61. The molecular formula is C14H19N3O2. The van der Waals surface area contributed by atoms with E-state index < -0.39 is 5.41 Å². The van der Waals surface area contributed by atoms with Crippen molar-refractivity contribution in [3.8, 4) is 0 Å². The molecule has 0 atom stereocenters. The van der Waals surface area contributed by atoms with Gasteiger partial charge < -0.3 is 16.4 Å². The summed E-state index contributed by atoms with van der Waals surface area (Å²) in [5.41, 5.74) is 6.44. The number of nitrogens with two attached hydrogens (primary N) is 1. The summed E-state index contributed by atoms with van der Waals surface area (Å²) in [5, 5.41) is 5.41. The summed E-state index contributed by atoms with van der Waals surface area (Å²) in [6.07, 6.45) is 2.72. The highest BCUT2D eigenvalue weighted by molar-refractivity contribution is 5.99. The van der Waals surface area contributed by atoms with Crippen molar-refractivity contribution < 1.29 is 9.59 Å². The highest BCUT2D eigenvalue weighted by atomic mass is 16.2. The number of anilines is 1. The zero-order valence-corrected chi connectivity index (χ0v) is 11.0. The molecule has 1 aromatic carbocycles. The van der Waals surface area contributed by atoms with Crippen LogP contribution in [0.4, 0.5) is 5.69 Å². The maximum Gasteiger partial charge on any atom is 0.251 e. The second-order valence-corrected chi connectivity index (χ2v) is 4.95. The van der Waals surface area contributed by atoms with E-state index in [1.807, 2.05) is 0 Å². The molecule has 0 heterocycles. The number of hydrogen-bond donors (Lipinski definition) is 3. The minimum absolute atomic E-state index is 0.0460. The summed E-state index contributed by atoms with van der Waals surface area (Å²) in [4.78, 5) is 23.7. The van der Waals surface area contributed by atoms with Gasteiger partial charge in [-0.25, -0.2) is 0 Å². The van der Waals surface area contributed by atoms with E-state index in [0.29, 0.717) is 17.8 Å². The maximum atomic E-state index is 12.2. The maximum absolute atomic E-state index is 12.2. The molecule has 1 fully saturated rings. The van der Waals surface area contributed by atoms with E-state index in [1.165, 1.54) is 0 Å². The minimum atomic E-state index is -0.414. The van der Waals surface area contributed by atoms with Crippen molar-refractivity contribution in [3.05, 3.63) is 29.8 Å². The summed E-state index contributed by atoms with van der Waals surface area (Å²) in [6.45, 7) is 0.369. The van der Waals surface area contributed by atoms with Crippen LogP contribution >= 0.6 is 0 Å². The molecule has 0 radical (unpaired) electrons. The van der Waals surface area contributed by atoms with Gasteiger partial charge in [0.2, 0.25) is 5.91 Å². The first-order valence-corrected chi connectivity index (χ1v) is 6.45. The summed E-state index contributed by atoms with van der Waals surface area (Å²) >= 11 is 0. The number of nitrogens with one attached hydrogen (secondary N) is 2. The van der Waals surface area contributed by atoms with Crippen molar-refractivity contribution >= 4 is 17.5 Å². The van der Waals surface area contributed by atoms with Crippen LogP contribution in [-0.2, 0) is 4.79 Å². The van der Waals surface area contributed by atoms with Crippen LogP contribution in [0.2, 0.25) is 0 Å². The van der Waals surface area contributed by atoms with Crippen LogP contribution in [0.25, 0.3) is 0 Å². The lowest BCUT2D eigenvalue weighted by molar-refractivity contribution is -0.129. The smallest absolute Gasteiger partial charge is 0.251 e. The predicted octanol–water partition coefficient (Wildman–Crippen LogP) is 1.11. The van der Waals surface area contributed by atoms with Gasteiger partial charge in [0.15, 0.2) is 0 Å². The molecule has 0 aliphatic heterocycles. The summed E-state index contributed by atoms with van der Waals surface area (Å²) in [5.74, 6) is -0.219. The lowest BCUT2D eigenvalue weighted by Crippen LogP contribution is -2.47. The highest BCUT2D eigenvalue weighted by Gasteiger charge is 2.42. The molecule has 5 heteroatoms. The number of amides is 2. The first kappa shape index (κ1) is 13.5. The van der Waals surface area contributed by atoms with Gasteiger partial charge in [-0.15, -0.1) is 0 Å². The Bertz CT molecular complexity index is 490. The fourth-order valence-electron chi connectivity index (χ4n) is 2.27. The van der Waals surface area contributed by atoms with Gasteiger partial charge in [-0.05, 0) is 31.0 Å². The van der Waals surface area contributed by atoms with E-state index in [2.05, 4.69) is 10.6 Å². The third-order valence-electron chi connectivity index (χ3n) is 3.79. The number of carbonyl (C=O) groups excluding carboxylic acids is 2. The van der Waals surface area contributed by atoms with Crippen LogP contribution in [0.3, 0.4) is 0 Å². The quantitative estimate of drug-likeness (QED) is 0.759. The van der Waals surface area contributed by atoms with Crippen molar-refractivity contribution in [1.29, 1.82) is 0 Å². The molecule has 1 aromatic rings. The van der Waals surface area contributed by atoms with Crippen LogP contribution < -0.4 is 16.4 Å². The Morgan fingerprint density at radius 1 is 1.37 bits per heavy atom. The predicted molar refractivity (Wildman–Crippen MR) is 73.8 cm³/mol. The van der Waals surface area contributed by atoms with Crippen LogP contribution in [0.15, 0.2) is 24.3 Å². The average Bonchev–Trinajstić information content (AvgIpc) is 2.37. The van der Waals surface area contributed by atoms with Gasteiger partial charge in [-0.3, -0.25) is 9.59 Å². The summed E-state index contributed by atoms with van der Waals surface area (Å²) in [7, 11) is 1.57. The largest absolute Gasteiger partial charge is 0.355 e. The highest BCUT2D eigenvalue weighted by Crippen LogP contribution is 2.40. The number of benzene rings is 1. The van der Waals surface area contributed by atoms with Crippen molar-refractivity contribution in [3.63, 3.8) is 0 Å². The molecule has 4 N–H and O–H groups in total. The van der Waals surface area contributed by atoms with Crippen LogP contribution in [0.5, 0.6) is 0 Å². The van der Waals surface area contributed by atoms with E-state index in [1.54, 1.807) is 31.3 Å². The van der Waals surface area contributed by atoms with Crippen molar-refractivity contribution in [2.45, 2.75) is 19.3 Å². The van der Waals surface area contributed by atoms with E-state index in [0.717, 1.165) is 19.3 Å². The molecule has 1 saturated carbocycles. The topological polar surface area (TPSA) is 84.2 Å². The van der Waals surface area contributed by atoms with E-state index in [4.69, 9.17) is 5.73 Å². The summed E-state index contributed by atoms with van der Waals surface area (Å²) in [6, 6.07) is 6.89. The molecule has 2 amide bonds. The first-order chi connectivity index (χ1) is 9.11. The zero-order valence-electron chi connectivity index (χ0n) is 11.0. The van der Waals surface area contributed by atoms with Crippen molar-refractivity contribution in [2.24, 2.45) is 11.1 Å². The SMILES string of the molecule is CNC(=O)c1cccc(NC(=O)C2(CN)CCC2)c1. The standard InChI is InChI=1S/C14H19N3O2/c1-16-12(18)10-4-2-5-11(8-10)17-13(19)14(9-15)6-3-7-14/h2,4-5,8H,3,6-7,9,15H2,1H3,(H,16,18)(H,17,19). The lowest BCUT2D eigenvalue weighted by atomic mass is 9.68. The van der Waals surface area contributed by atoms with E-state index in [9.17, 15) is 9.59 Å². The lowest BCUT2D eigenvalue weighted by Gasteiger charge is -2.39. The molecular weight excluding hydrogens is 242 g/mol. The first-order valence-electron chi connectivity index (χ1n) is 6.45. The van der Waals surface area contributed by atoms with Gasteiger partial charge >= 0.3 is 0 Å². The molecule has 2 rings (SSSR count). The number of hydrogen-bond acceptors (Lipinski definition) is 3. The molecule has 1 aliphatic carbocycles. The second-order valence-electron chi connectivity index (χ2n) is 4.95. The van der Waals surface area contributed by atoms with Gasteiger partial charge in [-0.2, -0.15) is 0 Å². The van der Waals surface area contributed by atoms with Gasteiger partial charge in [0, 0.05) is 24.8 Å². The molecule has 19 heavy (non-hydrogen) atoms. The molecule has 0 saturated heterocycles. The molecule has 0 aromatic heterocycles. The van der Waals surface area contributed by atoms with Gasteiger partial charge in [0.05, 0.1) is 5.41 Å². The Morgan fingerprint density at radius 2 is 2.11 bits per heavy atom. The van der Waals surface area contributed by atoms with Gasteiger partial charge in [0.1, 0.15) is 0 Å². The Balaban J connectivity index is 2.11. The van der Waals surface area contributed by atoms with E-state index in [-0.39, 0.29) is 11.8 Å². The number of rotatable bonds is 4. The normalized spacial score (nSPS) is 16.3. The fourth-order valence-corrected chi connectivity index (χ4v) is 2.27. The fraction of sp³-hybridized carbons (Fsp3) is 0.429. The monoisotopic (exact) mass is 261 g/mol. The van der Waals surface area contributed by atoms with Crippen LogP contribution in [-0.4, -0.2) is 25.4 Å². The molecule has 0 bridgehead atoms. The van der Waals surface area contributed by atoms with E-state index >= 15 is 0 Å². The second kappa shape index (κ2) is 5.40. The molecule has 0 unspecified atom stereocenters. The van der Waals surface area contributed by atoms with Crippen molar-refractivity contribution in [1.82, 2.24) is 5.32 Å². The Morgan fingerprint density at radius 3 is 2.63 bits per heavy atom. The Labute approximate surface area is 112 Å². The van der Waals surface area contributed by atoms with Crippen LogP contribution in [0.1, 0.15) is 29.6 Å². The van der Waals surface area contributed by atoms with Crippen molar-refractivity contribution in [2.75, 3.05) is 18.9 Å². The Hall–Kier alpha value is -1.88. The molecule has 0 spiro atoms.